The van der Waals surface area contributed by atoms with Gasteiger partial charge in [-0.15, -0.1) is 0 Å². The fourth-order valence-corrected chi connectivity index (χ4v) is 7.66. The van der Waals surface area contributed by atoms with E-state index in [0.29, 0.717) is 17.9 Å². The van der Waals surface area contributed by atoms with Crippen LogP contribution in [-0.2, 0) is 19.9 Å². The Balaban J connectivity index is 0.000000234. The third kappa shape index (κ3) is 8.44. The summed E-state index contributed by atoms with van der Waals surface area (Å²) in [6, 6.07) is 24.2. The summed E-state index contributed by atoms with van der Waals surface area (Å²) < 4.78 is 7.51. The maximum absolute atomic E-state index is 5.82. The standard InChI is InChI=1S/C25H33N2.C10H12O.2ClH.Ru/c1-18(2)21-12-8-13-22(19(3)4)25(21)27-16-15-26(17-27)24-14-7-10-20-9-5-6-11-23(20)24;1-8(2)11-10-7-5-4-6-9(10)3;;;/h5-6,8-9,11-13,17-19,24H,7,10,14-16H2,1-4H3;3-8H,1-2H3;2*1H;/q-1;;;;+2/p-2/t24-;;;;/m1..../s1. The minimum Gasteiger partial charge on any atom is -0.507 e. The van der Waals surface area contributed by atoms with E-state index in [0.717, 1.165) is 24.4 Å². The van der Waals surface area contributed by atoms with Crippen molar-refractivity contribution >= 4 is 29.7 Å². The predicted octanol–water partition coefficient (Wildman–Crippen LogP) is 9.80. The summed E-state index contributed by atoms with van der Waals surface area (Å²) in [5.41, 5.74) is 8.49. The van der Waals surface area contributed by atoms with Crippen molar-refractivity contribution in [1.29, 1.82) is 0 Å². The van der Waals surface area contributed by atoms with Crippen molar-refractivity contribution in [1.82, 2.24) is 4.90 Å². The molecule has 0 unspecified atom stereocenters. The minimum atomic E-state index is -1.77. The van der Waals surface area contributed by atoms with Crippen molar-refractivity contribution in [2.45, 2.75) is 84.8 Å². The predicted molar refractivity (Wildman–Crippen MR) is 174 cm³/mol. The molecule has 3 nitrogen and oxygen atoms in total. The van der Waals surface area contributed by atoms with Crippen molar-refractivity contribution < 1.29 is 18.3 Å². The molecule has 1 aliphatic carbocycles. The van der Waals surface area contributed by atoms with Gasteiger partial charge in [0.15, 0.2) is 0 Å². The van der Waals surface area contributed by atoms with Gasteiger partial charge in [0.05, 0.1) is 0 Å². The fourth-order valence-electron chi connectivity index (χ4n) is 5.85. The zero-order valence-corrected chi connectivity index (χ0v) is 28.5. The normalized spacial score (nSPS) is 17.4. The van der Waals surface area contributed by atoms with Crippen LogP contribution >= 0.6 is 19.4 Å². The monoisotopic (exact) mass is 681 g/mol. The first-order chi connectivity index (χ1) is 19.7. The van der Waals surface area contributed by atoms with Gasteiger partial charge >= 0.3 is 97.8 Å². The molecule has 41 heavy (non-hydrogen) atoms. The van der Waals surface area contributed by atoms with Gasteiger partial charge in [0.1, 0.15) is 0 Å². The summed E-state index contributed by atoms with van der Waals surface area (Å²) >= 11 is -1.77. The Morgan fingerprint density at radius 3 is 2.17 bits per heavy atom. The Hall–Kier alpha value is -1.71. The summed E-state index contributed by atoms with van der Waals surface area (Å²) in [7, 11) is 11.6. The van der Waals surface area contributed by atoms with E-state index >= 15 is 0 Å². The molecule has 0 radical (unpaired) electrons. The van der Waals surface area contributed by atoms with Crippen LogP contribution in [0, 0.1) is 6.67 Å². The first-order valence-electron chi connectivity index (χ1n) is 14.8. The van der Waals surface area contributed by atoms with Gasteiger partial charge in [0, 0.05) is 18.3 Å². The third-order valence-electron chi connectivity index (χ3n) is 7.72. The molecule has 6 heteroatoms. The van der Waals surface area contributed by atoms with E-state index < -0.39 is 13.5 Å². The Labute approximate surface area is 261 Å². The number of rotatable bonds is 7. The second kappa shape index (κ2) is 15.1. The molecular weight excluding hydrogens is 636 g/mol. The van der Waals surface area contributed by atoms with Gasteiger partial charge in [0.2, 0.25) is 0 Å². The smallest absolute Gasteiger partial charge is 0.0152 e. The number of nitrogens with zero attached hydrogens (tertiary/aromatic N) is 2. The molecule has 0 saturated carbocycles. The van der Waals surface area contributed by atoms with E-state index in [4.69, 9.17) is 24.1 Å². The van der Waals surface area contributed by atoms with Crippen molar-refractivity contribution in [2.24, 2.45) is 0 Å². The number of hydrogen-bond acceptors (Lipinski definition) is 3. The van der Waals surface area contributed by atoms with Crippen LogP contribution in [0.25, 0.3) is 0 Å². The number of para-hydroxylation sites is 2. The molecule has 1 fully saturated rings. The zero-order valence-electron chi connectivity index (χ0n) is 25.3. The van der Waals surface area contributed by atoms with Gasteiger partial charge in [-0.3, -0.25) is 0 Å². The Morgan fingerprint density at radius 1 is 0.854 bits per heavy atom. The van der Waals surface area contributed by atoms with E-state index in [2.05, 4.69) is 86.6 Å². The summed E-state index contributed by atoms with van der Waals surface area (Å²) in [6.45, 7) is 17.9. The SMILES string of the molecule is CC(C)Oc1ccccc1[CH]=[Ru]([Cl])[Cl].CC(C)c1cccc(C(C)C)c1N1[CH-]N([C@@H]2CCCc3ccccc32)CC1. The molecule has 224 valence electrons. The van der Waals surface area contributed by atoms with E-state index in [-0.39, 0.29) is 6.10 Å². The molecule has 1 saturated heterocycles. The van der Waals surface area contributed by atoms with Gasteiger partial charge in [-0.05, 0) is 59.9 Å². The number of halogens is 2. The molecule has 3 aromatic carbocycles. The van der Waals surface area contributed by atoms with E-state index in [1.807, 2.05) is 42.7 Å². The van der Waals surface area contributed by atoms with Gasteiger partial charge < -0.3 is 9.80 Å². The third-order valence-corrected chi connectivity index (χ3v) is 9.56. The first kappa shape index (κ1) is 32.2. The van der Waals surface area contributed by atoms with Crippen molar-refractivity contribution in [3.63, 3.8) is 0 Å². The number of ether oxygens (including phenoxy) is 1. The van der Waals surface area contributed by atoms with Crippen LogP contribution in [0.3, 0.4) is 0 Å². The molecule has 1 aliphatic heterocycles. The molecular formula is C35H45Cl2N2ORu-. The van der Waals surface area contributed by atoms with Crippen LogP contribution in [0.2, 0.25) is 0 Å². The molecule has 1 atom stereocenters. The number of hydrogen-bond donors (Lipinski definition) is 0. The molecule has 0 bridgehead atoms. The van der Waals surface area contributed by atoms with Crippen LogP contribution < -0.4 is 9.64 Å². The summed E-state index contributed by atoms with van der Waals surface area (Å²) in [6.07, 6.45) is 3.96. The van der Waals surface area contributed by atoms with Crippen molar-refractivity contribution in [3.05, 3.63) is 101 Å². The average molecular weight is 682 g/mol. The molecule has 2 aliphatic rings. The summed E-state index contributed by atoms with van der Waals surface area (Å²) in [5, 5.41) is 0. The molecule has 5 rings (SSSR count). The molecule has 0 spiro atoms. The molecule has 0 aromatic heterocycles. The van der Waals surface area contributed by atoms with Gasteiger partial charge in [0.25, 0.3) is 0 Å². The first-order valence-corrected chi connectivity index (χ1v) is 20.3. The van der Waals surface area contributed by atoms with E-state index in [1.54, 1.807) is 11.1 Å². The molecule has 0 amide bonds. The number of anilines is 1. The van der Waals surface area contributed by atoms with Crippen molar-refractivity contribution in [3.8, 4) is 5.75 Å². The average Bonchev–Trinajstić information content (AvgIpc) is 3.43. The van der Waals surface area contributed by atoms with Crippen LogP contribution in [0.1, 0.15) is 100 Å². The fraction of sp³-hybridized carbons (Fsp3) is 0.429. The number of fused-ring (bicyclic) bond motifs is 1. The largest absolute Gasteiger partial charge is 0.507 e. The van der Waals surface area contributed by atoms with Crippen LogP contribution in [0.5, 0.6) is 5.75 Å². The van der Waals surface area contributed by atoms with Crippen LogP contribution in [0.4, 0.5) is 5.69 Å². The maximum atomic E-state index is 5.82. The second-order valence-electron chi connectivity index (χ2n) is 11.8. The second-order valence-corrected chi connectivity index (χ2v) is 17.5. The van der Waals surface area contributed by atoms with Crippen molar-refractivity contribution in [2.75, 3.05) is 18.0 Å². The van der Waals surface area contributed by atoms with Gasteiger partial charge in [-0.25, -0.2) is 0 Å². The van der Waals surface area contributed by atoms with Gasteiger partial charge in [-0.2, -0.15) is 6.67 Å². The quantitative estimate of drug-likeness (QED) is 0.183. The number of aryl methyl sites for hydroxylation is 1. The van der Waals surface area contributed by atoms with E-state index in [1.165, 1.54) is 36.1 Å². The Kier molecular flexibility index (Phi) is 11.9. The summed E-state index contributed by atoms with van der Waals surface area (Å²) in [4.78, 5) is 5.13. The molecule has 0 N–H and O–H groups in total. The minimum absolute atomic E-state index is 0.163. The Morgan fingerprint density at radius 2 is 1.51 bits per heavy atom. The Bertz CT molecular complexity index is 1290. The van der Waals surface area contributed by atoms with Crippen LogP contribution in [-0.4, -0.2) is 28.7 Å². The van der Waals surface area contributed by atoms with E-state index in [9.17, 15) is 0 Å². The number of benzene rings is 3. The maximum Gasteiger partial charge on any atom is 0.0152 e. The molecule has 3 aromatic rings. The topological polar surface area (TPSA) is 15.7 Å². The summed E-state index contributed by atoms with van der Waals surface area (Å²) in [5.74, 6) is 1.93. The zero-order chi connectivity index (χ0) is 29.5. The molecule has 1 heterocycles. The van der Waals surface area contributed by atoms with Crippen LogP contribution in [0.15, 0.2) is 66.7 Å². The van der Waals surface area contributed by atoms with Gasteiger partial charge in [-0.1, -0.05) is 70.2 Å².